The number of hydrogen-bond acceptors (Lipinski definition) is 5. The van der Waals surface area contributed by atoms with Crippen molar-refractivity contribution in [2.24, 2.45) is 0 Å². The summed E-state index contributed by atoms with van der Waals surface area (Å²) in [6, 6.07) is 7.97. The number of hydrogen-bond donors (Lipinski definition) is 1. The fourth-order valence-corrected chi connectivity index (χ4v) is 3.80. The number of nitro benzene ring substituents is 1. The number of carboxylic acid groups (broad SMARTS) is 1. The predicted octanol–water partition coefficient (Wildman–Crippen LogP) is 3.27. The van der Waals surface area contributed by atoms with Gasteiger partial charge in [0, 0.05) is 30.0 Å². The summed E-state index contributed by atoms with van der Waals surface area (Å²) in [5.74, 6) is -1.00. The van der Waals surface area contributed by atoms with E-state index in [2.05, 4.69) is 0 Å². The number of thiophene rings is 1. The molecule has 0 saturated carbocycles. The van der Waals surface area contributed by atoms with E-state index in [1.54, 1.807) is 23.1 Å². The van der Waals surface area contributed by atoms with Crippen LogP contribution in [0, 0.1) is 10.1 Å². The molecule has 25 heavy (non-hydrogen) atoms. The number of aromatic carboxylic acids is 1. The Morgan fingerprint density at radius 1 is 1.28 bits per heavy atom. The highest BCUT2D eigenvalue weighted by atomic mass is 32.1. The van der Waals surface area contributed by atoms with Crippen molar-refractivity contribution in [2.45, 2.75) is 25.7 Å². The van der Waals surface area contributed by atoms with Gasteiger partial charge >= 0.3 is 5.97 Å². The van der Waals surface area contributed by atoms with Crippen LogP contribution in [-0.2, 0) is 17.6 Å². The number of benzene rings is 1. The van der Waals surface area contributed by atoms with Gasteiger partial charge in [-0.15, -0.1) is 11.3 Å². The highest BCUT2D eigenvalue weighted by molar-refractivity contribution is 7.13. The smallest absolute Gasteiger partial charge is 0.345 e. The van der Waals surface area contributed by atoms with Gasteiger partial charge in [-0.05, 0) is 37.0 Å². The lowest BCUT2D eigenvalue weighted by Crippen LogP contribution is -2.28. The van der Waals surface area contributed by atoms with Crippen LogP contribution in [0.5, 0.6) is 0 Å². The molecule has 2 heterocycles. The molecule has 1 aliphatic heterocycles. The Labute approximate surface area is 147 Å². The summed E-state index contributed by atoms with van der Waals surface area (Å²) in [4.78, 5) is 36.6. The number of fused-ring (bicyclic) bond motifs is 1. The second kappa shape index (κ2) is 7.02. The van der Waals surface area contributed by atoms with Gasteiger partial charge in [-0.1, -0.05) is 6.07 Å². The first-order valence-electron chi connectivity index (χ1n) is 7.85. The maximum absolute atomic E-state index is 12.5. The molecule has 1 aromatic carbocycles. The Morgan fingerprint density at radius 3 is 2.76 bits per heavy atom. The van der Waals surface area contributed by atoms with E-state index in [0.717, 1.165) is 10.4 Å². The van der Waals surface area contributed by atoms with Gasteiger partial charge in [0.05, 0.1) is 10.6 Å². The molecule has 2 aromatic rings. The van der Waals surface area contributed by atoms with Crippen molar-refractivity contribution >= 4 is 34.6 Å². The first-order valence-corrected chi connectivity index (χ1v) is 8.67. The SMILES string of the molecule is O=C(O)c1ccc(CCCC(=O)N2CCc3ccc([N+](=O)[O-])cc32)s1. The minimum Gasteiger partial charge on any atom is -0.477 e. The molecule has 0 aliphatic carbocycles. The first kappa shape index (κ1) is 17.1. The van der Waals surface area contributed by atoms with Gasteiger partial charge in [0.15, 0.2) is 0 Å². The number of anilines is 1. The number of carbonyl (C=O) groups excluding carboxylic acids is 1. The lowest BCUT2D eigenvalue weighted by molar-refractivity contribution is -0.384. The zero-order chi connectivity index (χ0) is 18.0. The zero-order valence-electron chi connectivity index (χ0n) is 13.3. The minimum absolute atomic E-state index is 0.0155. The Kier molecular flexibility index (Phi) is 4.80. The summed E-state index contributed by atoms with van der Waals surface area (Å²) in [5, 5.41) is 19.8. The second-order valence-electron chi connectivity index (χ2n) is 5.79. The van der Waals surface area contributed by atoms with E-state index in [9.17, 15) is 19.7 Å². The average Bonchev–Trinajstić information content (AvgIpc) is 3.20. The van der Waals surface area contributed by atoms with E-state index in [1.165, 1.54) is 23.5 Å². The Hall–Kier alpha value is -2.74. The largest absolute Gasteiger partial charge is 0.477 e. The van der Waals surface area contributed by atoms with Crippen molar-refractivity contribution in [1.29, 1.82) is 0 Å². The standard InChI is InChI=1S/C17H16N2O5S/c20-16(3-1-2-13-6-7-15(25-13)17(21)22)18-9-8-11-4-5-12(19(23)24)10-14(11)18/h4-7,10H,1-3,8-9H2,(H,21,22). The van der Waals surface area contributed by atoms with E-state index >= 15 is 0 Å². The van der Waals surface area contributed by atoms with Gasteiger partial charge in [-0.3, -0.25) is 14.9 Å². The molecule has 1 aromatic heterocycles. The topological polar surface area (TPSA) is 101 Å². The van der Waals surface area contributed by atoms with Crippen LogP contribution in [0.2, 0.25) is 0 Å². The average molecular weight is 360 g/mol. The van der Waals surface area contributed by atoms with Crippen LogP contribution in [-0.4, -0.2) is 28.5 Å². The Balaban J connectivity index is 1.60. The van der Waals surface area contributed by atoms with Crippen LogP contribution in [0.1, 0.15) is 33.0 Å². The van der Waals surface area contributed by atoms with E-state index in [1.807, 2.05) is 0 Å². The number of nitrogens with zero attached hydrogens (tertiary/aromatic N) is 2. The molecule has 0 bridgehead atoms. The molecule has 7 nitrogen and oxygen atoms in total. The van der Waals surface area contributed by atoms with Crippen LogP contribution in [0.25, 0.3) is 0 Å². The molecule has 1 amide bonds. The van der Waals surface area contributed by atoms with Crippen molar-refractivity contribution < 1.29 is 19.6 Å². The molecule has 0 atom stereocenters. The van der Waals surface area contributed by atoms with E-state index in [4.69, 9.17) is 5.11 Å². The quantitative estimate of drug-likeness (QED) is 0.629. The highest BCUT2D eigenvalue weighted by Gasteiger charge is 2.26. The van der Waals surface area contributed by atoms with Gasteiger partial charge < -0.3 is 10.0 Å². The van der Waals surface area contributed by atoms with Crippen LogP contribution in [0.3, 0.4) is 0 Å². The lowest BCUT2D eigenvalue weighted by Gasteiger charge is -2.17. The number of rotatable bonds is 6. The number of non-ortho nitro benzene ring substituents is 1. The van der Waals surface area contributed by atoms with Crippen molar-refractivity contribution in [3.8, 4) is 0 Å². The second-order valence-corrected chi connectivity index (χ2v) is 6.96. The van der Waals surface area contributed by atoms with Crippen molar-refractivity contribution in [3.05, 3.63) is 55.8 Å². The van der Waals surface area contributed by atoms with E-state index in [0.29, 0.717) is 42.8 Å². The molecule has 1 aliphatic rings. The molecular weight excluding hydrogens is 344 g/mol. The van der Waals surface area contributed by atoms with Crippen LogP contribution in [0.15, 0.2) is 30.3 Å². The molecule has 0 radical (unpaired) electrons. The van der Waals surface area contributed by atoms with Crippen LogP contribution in [0.4, 0.5) is 11.4 Å². The third-order valence-corrected chi connectivity index (χ3v) is 5.30. The highest BCUT2D eigenvalue weighted by Crippen LogP contribution is 2.32. The molecule has 1 N–H and O–H groups in total. The Bertz CT molecular complexity index is 845. The van der Waals surface area contributed by atoms with Crippen LogP contribution < -0.4 is 4.90 Å². The third kappa shape index (κ3) is 3.69. The minimum atomic E-state index is -0.942. The summed E-state index contributed by atoms with van der Waals surface area (Å²) >= 11 is 1.22. The zero-order valence-corrected chi connectivity index (χ0v) is 14.1. The van der Waals surface area contributed by atoms with E-state index in [-0.39, 0.29) is 11.6 Å². The van der Waals surface area contributed by atoms with Gasteiger partial charge in [-0.2, -0.15) is 0 Å². The molecule has 0 fully saturated rings. The maximum Gasteiger partial charge on any atom is 0.345 e. The number of carbonyl (C=O) groups is 2. The summed E-state index contributed by atoms with van der Waals surface area (Å²) in [6.07, 6.45) is 2.27. The van der Waals surface area contributed by atoms with Crippen molar-refractivity contribution in [2.75, 3.05) is 11.4 Å². The third-order valence-electron chi connectivity index (χ3n) is 4.16. The van der Waals surface area contributed by atoms with Gasteiger partial charge in [0.2, 0.25) is 5.91 Å². The molecule has 3 rings (SSSR count). The number of nitro groups is 1. The Morgan fingerprint density at radius 2 is 2.08 bits per heavy atom. The summed E-state index contributed by atoms with van der Waals surface area (Å²) in [5.41, 5.74) is 1.56. The summed E-state index contributed by atoms with van der Waals surface area (Å²) in [6.45, 7) is 0.539. The normalized spacial score (nSPS) is 12.9. The molecule has 0 unspecified atom stereocenters. The van der Waals surface area contributed by atoms with Gasteiger partial charge in [-0.25, -0.2) is 4.79 Å². The van der Waals surface area contributed by atoms with Crippen molar-refractivity contribution in [3.63, 3.8) is 0 Å². The summed E-state index contributed by atoms with van der Waals surface area (Å²) < 4.78 is 0. The molecule has 8 heteroatoms. The molecular formula is C17H16N2O5S. The predicted molar refractivity (Wildman–Crippen MR) is 93.4 cm³/mol. The monoisotopic (exact) mass is 360 g/mol. The maximum atomic E-state index is 12.5. The fourth-order valence-electron chi connectivity index (χ4n) is 2.92. The molecule has 0 spiro atoms. The lowest BCUT2D eigenvalue weighted by atomic mass is 10.1. The summed E-state index contributed by atoms with van der Waals surface area (Å²) in [7, 11) is 0. The molecule has 0 saturated heterocycles. The molecule has 130 valence electrons. The van der Waals surface area contributed by atoms with E-state index < -0.39 is 10.9 Å². The first-order chi connectivity index (χ1) is 12.0. The number of carboxylic acids is 1. The van der Waals surface area contributed by atoms with Crippen LogP contribution >= 0.6 is 11.3 Å². The van der Waals surface area contributed by atoms with Gasteiger partial charge in [0.25, 0.3) is 5.69 Å². The van der Waals surface area contributed by atoms with Crippen molar-refractivity contribution in [1.82, 2.24) is 0 Å². The fraction of sp³-hybridized carbons (Fsp3) is 0.294. The number of aryl methyl sites for hydroxylation is 1. The van der Waals surface area contributed by atoms with Gasteiger partial charge in [0.1, 0.15) is 4.88 Å². The number of amides is 1.